The van der Waals surface area contributed by atoms with E-state index in [0.29, 0.717) is 26.3 Å². The molecule has 1 amide bonds. The number of rotatable bonds is 7. The first-order valence-electron chi connectivity index (χ1n) is 9.81. The van der Waals surface area contributed by atoms with Gasteiger partial charge in [-0.25, -0.2) is 4.68 Å². The van der Waals surface area contributed by atoms with Crippen LogP contribution >= 0.6 is 0 Å². The first-order valence-corrected chi connectivity index (χ1v) is 9.81. The van der Waals surface area contributed by atoms with Crippen LogP contribution in [0.25, 0.3) is 5.69 Å². The molecule has 0 bridgehead atoms. The molecule has 1 aromatic carbocycles. The molecule has 146 valence electrons. The molecule has 0 saturated carbocycles. The molecule has 3 rings (SSSR count). The molecular weight excluding hydrogens is 342 g/mol. The number of benzene rings is 1. The summed E-state index contributed by atoms with van der Waals surface area (Å²) in [5.74, 6) is 0.895. The van der Waals surface area contributed by atoms with Crippen LogP contribution in [0.3, 0.4) is 0 Å². The maximum atomic E-state index is 13.3. The highest BCUT2D eigenvalue weighted by Crippen LogP contribution is 2.25. The Morgan fingerprint density at radius 1 is 1.11 bits per heavy atom. The molecule has 0 aliphatic carbocycles. The third-order valence-electron chi connectivity index (χ3n) is 4.86. The summed E-state index contributed by atoms with van der Waals surface area (Å²) in [4.78, 5) is 15.2. The monoisotopic (exact) mass is 371 g/mol. The maximum Gasteiger partial charge on any atom is 0.257 e. The van der Waals surface area contributed by atoms with Crippen molar-refractivity contribution in [3.8, 4) is 11.4 Å². The lowest BCUT2D eigenvalue weighted by Gasteiger charge is -2.27. The number of hydrogen-bond donors (Lipinski definition) is 0. The van der Waals surface area contributed by atoms with Crippen LogP contribution in [0.4, 0.5) is 0 Å². The molecule has 1 fully saturated rings. The maximum absolute atomic E-state index is 13.3. The lowest BCUT2D eigenvalue weighted by Crippen LogP contribution is -2.41. The topological polar surface area (TPSA) is 56.6 Å². The van der Waals surface area contributed by atoms with Gasteiger partial charge in [0, 0.05) is 13.1 Å². The average molecular weight is 371 g/mol. The number of ether oxygens (including phenoxy) is 2. The van der Waals surface area contributed by atoms with Gasteiger partial charge in [-0.1, -0.05) is 26.7 Å². The van der Waals surface area contributed by atoms with Crippen LogP contribution < -0.4 is 4.74 Å². The standard InChI is InChI=1S/C21H29N3O3/c1-4-6-18-20(21(25)23-12-14-27-15-13-23)19(7-5-2)24(22-18)16-8-10-17(26-3)11-9-16/h8-11H,4-7,12-15H2,1-3H3. The minimum absolute atomic E-state index is 0.0879. The number of amides is 1. The summed E-state index contributed by atoms with van der Waals surface area (Å²) in [6, 6.07) is 7.83. The second-order valence-corrected chi connectivity index (χ2v) is 6.78. The Hall–Kier alpha value is -2.34. The fourth-order valence-corrected chi connectivity index (χ4v) is 3.49. The van der Waals surface area contributed by atoms with Gasteiger partial charge in [0.1, 0.15) is 5.75 Å². The average Bonchev–Trinajstić information content (AvgIpc) is 3.06. The van der Waals surface area contributed by atoms with E-state index in [9.17, 15) is 4.79 Å². The van der Waals surface area contributed by atoms with Crippen molar-refractivity contribution >= 4 is 5.91 Å². The molecule has 27 heavy (non-hydrogen) atoms. The Labute approximate surface area is 161 Å². The highest BCUT2D eigenvalue weighted by Gasteiger charge is 2.28. The van der Waals surface area contributed by atoms with Crippen molar-refractivity contribution in [2.75, 3.05) is 33.4 Å². The molecule has 0 radical (unpaired) electrons. The molecule has 1 aromatic heterocycles. The van der Waals surface area contributed by atoms with Crippen molar-refractivity contribution in [3.63, 3.8) is 0 Å². The zero-order valence-corrected chi connectivity index (χ0v) is 16.5. The third-order valence-corrected chi connectivity index (χ3v) is 4.86. The van der Waals surface area contributed by atoms with Crippen molar-refractivity contribution < 1.29 is 14.3 Å². The minimum Gasteiger partial charge on any atom is -0.497 e. The van der Waals surface area contributed by atoms with E-state index in [1.54, 1.807) is 7.11 Å². The van der Waals surface area contributed by atoms with Gasteiger partial charge in [-0.3, -0.25) is 4.79 Å². The number of hydrogen-bond acceptors (Lipinski definition) is 4. The molecule has 2 heterocycles. The van der Waals surface area contributed by atoms with Gasteiger partial charge in [-0.05, 0) is 37.1 Å². The van der Waals surface area contributed by atoms with Crippen molar-refractivity contribution in [1.82, 2.24) is 14.7 Å². The van der Waals surface area contributed by atoms with E-state index in [0.717, 1.165) is 54.1 Å². The molecule has 1 aliphatic heterocycles. The van der Waals surface area contributed by atoms with E-state index in [1.807, 2.05) is 33.8 Å². The lowest BCUT2D eigenvalue weighted by atomic mass is 10.0. The fourth-order valence-electron chi connectivity index (χ4n) is 3.49. The number of morpholine rings is 1. The molecule has 6 heteroatoms. The summed E-state index contributed by atoms with van der Waals surface area (Å²) in [6.45, 7) is 6.74. The van der Waals surface area contributed by atoms with Gasteiger partial charge in [0.05, 0.1) is 43.0 Å². The second-order valence-electron chi connectivity index (χ2n) is 6.78. The number of aromatic nitrogens is 2. The molecular formula is C21H29N3O3. The first-order chi connectivity index (χ1) is 13.2. The van der Waals surface area contributed by atoms with Crippen LogP contribution in [0.5, 0.6) is 5.75 Å². The van der Waals surface area contributed by atoms with Crippen LogP contribution in [0.1, 0.15) is 48.4 Å². The van der Waals surface area contributed by atoms with E-state index < -0.39 is 0 Å². The number of methoxy groups -OCH3 is 1. The Kier molecular flexibility index (Phi) is 6.50. The molecule has 2 aromatic rings. The summed E-state index contributed by atoms with van der Waals surface area (Å²) < 4.78 is 12.6. The quantitative estimate of drug-likeness (QED) is 0.750. The van der Waals surface area contributed by atoms with E-state index in [-0.39, 0.29) is 5.91 Å². The Balaban J connectivity index is 2.06. The van der Waals surface area contributed by atoms with Gasteiger partial charge in [0.15, 0.2) is 0 Å². The van der Waals surface area contributed by atoms with E-state index in [2.05, 4.69) is 13.8 Å². The first kappa shape index (κ1) is 19.4. The van der Waals surface area contributed by atoms with E-state index in [1.165, 1.54) is 0 Å². The molecule has 0 spiro atoms. The van der Waals surface area contributed by atoms with Crippen LogP contribution in [0.2, 0.25) is 0 Å². The van der Waals surface area contributed by atoms with Crippen molar-refractivity contribution in [3.05, 3.63) is 41.2 Å². The van der Waals surface area contributed by atoms with Crippen molar-refractivity contribution in [1.29, 1.82) is 0 Å². The van der Waals surface area contributed by atoms with Crippen molar-refractivity contribution in [2.45, 2.75) is 39.5 Å². The number of carbonyl (C=O) groups excluding carboxylic acids is 1. The largest absolute Gasteiger partial charge is 0.497 e. The Morgan fingerprint density at radius 2 is 1.78 bits per heavy atom. The Bertz CT molecular complexity index is 762. The fraction of sp³-hybridized carbons (Fsp3) is 0.524. The minimum atomic E-state index is 0.0879. The smallest absolute Gasteiger partial charge is 0.257 e. The molecule has 6 nitrogen and oxygen atoms in total. The van der Waals surface area contributed by atoms with Gasteiger partial charge < -0.3 is 14.4 Å². The predicted octanol–water partition coefficient (Wildman–Crippen LogP) is 3.26. The summed E-state index contributed by atoms with van der Waals surface area (Å²) in [6.07, 6.45) is 3.52. The highest BCUT2D eigenvalue weighted by atomic mass is 16.5. The zero-order chi connectivity index (χ0) is 19.2. The Morgan fingerprint density at radius 3 is 2.37 bits per heavy atom. The van der Waals surface area contributed by atoms with Crippen molar-refractivity contribution in [2.24, 2.45) is 0 Å². The van der Waals surface area contributed by atoms with Gasteiger partial charge in [-0.15, -0.1) is 0 Å². The molecule has 0 unspecified atom stereocenters. The predicted molar refractivity (Wildman–Crippen MR) is 105 cm³/mol. The third kappa shape index (κ3) is 4.16. The van der Waals surface area contributed by atoms with E-state index in [4.69, 9.17) is 14.6 Å². The number of aryl methyl sites for hydroxylation is 1. The number of nitrogens with zero attached hydrogens (tertiary/aromatic N) is 3. The van der Waals surface area contributed by atoms with E-state index >= 15 is 0 Å². The van der Waals surface area contributed by atoms with Gasteiger partial charge in [0.25, 0.3) is 5.91 Å². The molecule has 1 aliphatic rings. The molecule has 0 atom stereocenters. The number of carbonyl (C=O) groups is 1. The normalized spacial score (nSPS) is 14.4. The SMILES string of the molecule is CCCc1nn(-c2ccc(OC)cc2)c(CCC)c1C(=O)N1CCOCC1. The lowest BCUT2D eigenvalue weighted by molar-refractivity contribution is 0.0301. The zero-order valence-electron chi connectivity index (χ0n) is 16.5. The van der Waals surface area contributed by atoms with Crippen LogP contribution in [-0.4, -0.2) is 54.0 Å². The summed E-state index contributed by atoms with van der Waals surface area (Å²) in [7, 11) is 1.66. The summed E-state index contributed by atoms with van der Waals surface area (Å²) in [5, 5.41) is 4.86. The second kappa shape index (κ2) is 9.04. The summed E-state index contributed by atoms with van der Waals surface area (Å²) >= 11 is 0. The molecule has 1 saturated heterocycles. The van der Waals surface area contributed by atoms with Crippen LogP contribution in [0.15, 0.2) is 24.3 Å². The van der Waals surface area contributed by atoms with Crippen LogP contribution in [-0.2, 0) is 17.6 Å². The summed E-state index contributed by atoms with van der Waals surface area (Å²) in [5.41, 5.74) is 3.64. The van der Waals surface area contributed by atoms with Crippen LogP contribution in [0, 0.1) is 0 Å². The van der Waals surface area contributed by atoms with Gasteiger partial charge in [0.2, 0.25) is 0 Å². The van der Waals surface area contributed by atoms with Gasteiger partial charge >= 0.3 is 0 Å². The highest BCUT2D eigenvalue weighted by molar-refractivity contribution is 5.96. The molecule has 0 N–H and O–H groups in total. The van der Waals surface area contributed by atoms with Gasteiger partial charge in [-0.2, -0.15) is 5.10 Å².